The molecule has 0 radical (unpaired) electrons. The van der Waals surface area contributed by atoms with Gasteiger partial charge in [-0.2, -0.15) is 0 Å². The van der Waals surface area contributed by atoms with Crippen LogP contribution in [0.1, 0.15) is 20.6 Å². The molecule has 1 nitrogen and oxygen atoms in total. The maximum Gasteiger partial charge on any atom is 0.143 e. The van der Waals surface area contributed by atoms with Crippen LogP contribution in [-0.2, 0) is 0 Å². The van der Waals surface area contributed by atoms with Crippen LogP contribution in [0.4, 0.5) is 0 Å². The monoisotopic (exact) mass is 661 g/mol. The zero-order chi connectivity index (χ0) is 46.5. The Morgan fingerprint density at radius 1 is 0.373 bits per heavy atom. The zero-order valence-electron chi connectivity index (χ0n) is 41.6. The van der Waals surface area contributed by atoms with Crippen molar-refractivity contribution in [1.82, 2.24) is 0 Å². The molecule has 0 aliphatic carbocycles. The van der Waals surface area contributed by atoms with E-state index in [1.807, 2.05) is 72.8 Å². The van der Waals surface area contributed by atoms with Crippen molar-refractivity contribution in [3.8, 4) is 33.4 Å². The molecule has 236 valence electrons. The lowest BCUT2D eigenvalue weighted by Crippen LogP contribution is -1.91. The molecule has 0 bridgehead atoms. The summed E-state index contributed by atoms with van der Waals surface area (Å²) in [5, 5.41) is 3.55. The van der Waals surface area contributed by atoms with Gasteiger partial charge in [-0.25, -0.2) is 0 Å². The third-order valence-corrected chi connectivity index (χ3v) is 9.76. The van der Waals surface area contributed by atoms with Crippen LogP contribution in [0.15, 0.2) is 186 Å². The van der Waals surface area contributed by atoms with E-state index in [4.69, 9.17) is 18.1 Å². The summed E-state index contributed by atoms with van der Waals surface area (Å²) in [6, 6.07) is 19.0. The van der Waals surface area contributed by atoms with E-state index < -0.39 is 107 Å². The van der Waals surface area contributed by atoms with Gasteiger partial charge in [-0.3, -0.25) is 0 Å². The first-order chi connectivity index (χ1) is 31.5. The predicted octanol–water partition coefficient (Wildman–Crippen LogP) is 14.4. The molecule has 10 aromatic carbocycles. The molecule has 1 heteroatoms. The first kappa shape index (κ1) is 17.3. The SMILES string of the molecule is [2H]c1c([2H])c([2H])c2c(-c3c4c([2H])c([2H])c([2H])c([2H])c4c(-c4ccc5ccc(-c6cccc7oc8c9ccccc9ccc8c67)cc5c4)c4c([2H])c([2H])c([2H])c([2H])c34)c([2H])c([2H])c([2H])c2c1[2H]. The quantitative estimate of drug-likeness (QED) is 0.172. The number of benzene rings is 10. The second kappa shape index (κ2) is 10.9. The molecule has 0 unspecified atom stereocenters. The second-order valence-corrected chi connectivity index (χ2v) is 12.5. The summed E-state index contributed by atoms with van der Waals surface area (Å²) in [4.78, 5) is 0. The number of furan rings is 1. The first-order valence-electron chi connectivity index (χ1n) is 23.9. The van der Waals surface area contributed by atoms with E-state index in [2.05, 4.69) is 6.07 Å². The molecular weight excluding hydrogens is 617 g/mol. The normalized spacial score (nSPS) is 16.0. The van der Waals surface area contributed by atoms with Gasteiger partial charge in [0.25, 0.3) is 0 Å². The molecule has 51 heavy (non-hydrogen) atoms. The summed E-state index contributed by atoms with van der Waals surface area (Å²) in [6.45, 7) is 0. The van der Waals surface area contributed by atoms with E-state index in [9.17, 15) is 6.85 Å². The fourth-order valence-electron chi connectivity index (χ4n) is 7.53. The minimum atomic E-state index is -0.757. The van der Waals surface area contributed by atoms with Crippen LogP contribution in [-0.4, -0.2) is 0 Å². The molecule has 1 aromatic heterocycles. The van der Waals surface area contributed by atoms with E-state index in [1.54, 1.807) is 12.1 Å². The highest BCUT2D eigenvalue weighted by Crippen LogP contribution is 2.46. The molecule has 0 spiro atoms. The largest absolute Gasteiger partial charge is 0.455 e. The van der Waals surface area contributed by atoms with Gasteiger partial charge in [-0.15, -0.1) is 0 Å². The van der Waals surface area contributed by atoms with Gasteiger partial charge in [0.1, 0.15) is 11.2 Å². The molecule has 11 aromatic rings. The van der Waals surface area contributed by atoms with Gasteiger partial charge in [-0.1, -0.05) is 157 Å². The summed E-state index contributed by atoms with van der Waals surface area (Å²) >= 11 is 0. The Bertz CT molecular complexity index is 3970. The summed E-state index contributed by atoms with van der Waals surface area (Å²) in [6.07, 6.45) is 0. The standard InChI is InChI=1S/C50H30O/c1-3-14-37-32(11-1)13-9-21-40(37)48-43-18-7-5-16-41(43)47(42-17-6-8-19-44(42)48)35-26-24-31-23-25-34(29-36(31)30-35)38-20-10-22-46-49(38)45-28-27-33-12-2-4-15-39(33)50(45)51-46/h1-30H/i1D,3D,5D,6D,7D,8D,9D,11D,13D,14D,16D,17D,18D,19D,21D. The molecule has 11 rings (SSSR count). The van der Waals surface area contributed by atoms with Crippen molar-refractivity contribution in [2.45, 2.75) is 0 Å². The van der Waals surface area contributed by atoms with Crippen LogP contribution in [0.3, 0.4) is 0 Å². The van der Waals surface area contributed by atoms with Crippen LogP contribution in [0.5, 0.6) is 0 Å². The Balaban J connectivity index is 1.29. The molecule has 0 N–H and O–H groups in total. The second-order valence-electron chi connectivity index (χ2n) is 12.5. The predicted molar refractivity (Wildman–Crippen MR) is 218 cm³/mol. The highest BCUT2D eigenvalue weighted by Gasteiger charge is 2.19. The average Bonchev–Trinajstić information content (AvgIpc) is 3.72. The molecular formula is C50H30O. The fraction of sp³-hybridized carbons (Fsp3) is 0. The van der Waals surface area contributed by atoms with Crippen molar-refractivity contribution in [2.75, 3.05) is 0 Å². The van der Waals surface area contributed by atoms with E-state index in [0.717, 1.165) is 43.6 Å². The molecule has 0 saturated heterocycles. The van der Waals surface area contributed by atoms with Crippen molar-refractivity contribution in [1.29, 1.82) is 0 Å². The fourth-order valence-corrected chi connectivity index (χ4v) is 7.53. The molecule has 0 aliphatic rings. The van der Waals surface area contributed by atoms with Crippen LogP contribution >= 0.6 is 0 Å². The molecule has 0 atom stereocenters. The van der Waals surface area contributed by atoms with E-state index in [-0.39, 0.29) is 32.7 Å². The molecule has 0 fully saturated rings. The molecule has 1 heterocycles. The van der Waals surface area contributed by atoms with Gasteiger partial charge in [-0.05, 0) is 106 Å². The third-order valence-electron chi connectivity index (χ3n) is 9.76. The zero-order valence-corrected chi connectivity index (χ0v) is 26.6. The number of rotatable bonds is 3. The lowest BCUT2D eigenvalue weighted by atomic mass is 9.84. The van der Waals surface area contributed by atoms with Crippen LogP contribution in [0.25, 0.3) is 109 Å². The maximum atomic E-state index is 9.46. The van der Waals surface area contributed by atoms with Gasteiger partial charge in [0.15, 0.2) is 0 Å². The maximum absolute atomic E-state index is 9.46. The lowest BCUT2D eigenvalue weighted by molar-refractivity contribution is 0.673. The van der Waals surface area contributed by atoms with Crippen molar-refractivity contribution >= 4 is 75.8 Å². The van der Waals surface area contributed by atoms with Gasteiger partial charge in [0.05, 0.1) is 20.6 Å². The minimum Gasteiger partial charge on any atom is -0.455 e. The van der Waals surface area contributed by atoms with Gasteiger partial charge in [0, 0.05) is 16.2 Å². The Morgan fingerprint density at radius 3 is 1.82 bits per heavy atom. The summed E-state index contributed by atoms with van der Waals surface area (Å²) in [7, 11) is 0. The Hall–Kier alpha value is -6.70. The highest BCUT2D eigenvalue weighted by atomic mass is 16.3. The Morgan fingerprint density at radius 2 is 1.02 bits per heavy atom. The lowest BCUT2D eigenvalue weighted by Gasteiger charge is -2.19. The van der Waals surface area contributed by atoms with Crippen LogP contribution in [0.2, 0.25) is 0 Å². The summed E-state index contributed by atoms with van der Waals surface area (Å²) in [5.74, 6) is 0. The number of hydrogen-bond acceptors (Lipinski definition) is 1. The Kier molecular flexibility index (Phi) is 3.70. The van der Waals surface area contributed by atoms with Crippen LogP contribution < -0.4 is 0 Å². The van der Waals surface area contributed by atoms with E-state index in [0.29, 0.717) is 16.5 Å². The van der Waals surface area contributed by atoms with E-state index in [1.165, 1.54) is 0 Å². The van der Waals surface area contributed by atoms with Gasteiger partial charge < -0.3 is 4.42 Å². The highest BCUT2D eigenvalue weighted by molar-refractivity contribution is 6.24. The average molecular weight is 662 g/mol. The van der Waals surface area contributed by atoms with Crippen molar-refractivity contribution < 1.29 is 25.0 Å². The van der Waals surface area contributed by atoms with Gasteiger partial charge in [0.2, 0.25) is 0 Å². The van der Waals surface area contributed by atoms with E-state index >= 15 is 0 Å². The Labute approximate surface area is 315 Å². The molecule has 0 amide bonds. The van der Waals surface area contributed by atoms with Gasteiger partial charge >= 0.3 is 0 Å². The van der Waals surface area contributed by atoms with Crippen LogP contribution in [0, 0.1) is 0 Å². The minimum absolute atomic E-state index is 0.0332. The number of fused-ring (bicyclic) bond motifs is 9. The number of hydrogen-bond donors (Lipinski definition) is 0. The third kappa shape index (κ3) is 4.22. The summed E-state index contributed by atoms with van der Waals surface area (Å²) in [5.41, 5.74) is 2.75. The van der Waals surface area contributed by atoms with Crippen molar-refractivity contribution in [3.05, 3.63) is 182 Å². The topological polar surface area (TPSA) is 13.1 Å². The smallest absolute Gasteiger partial charge is 0.143 e. The summed E-state index contributed by atoms with van der Waals surface area (Å²) < 4.78 is 142. The van der Waals surface area contributed by atoms with Crippen molar-refractivity contribution in [2.24, 2.45) is 0 Å². The van der Waals surface area contributed by atoms with Crippen molar-refractivity contribution in [3.63, 3.8) is 0 Å². The molecule has 0 aliphatic heterocycles. The molecule has 0 saturated carbocycles. The first-order valence-corrected chi connectivity index (χ1v) is 16.4.